The molecule has 0 aromatic carbocycles. The van der Waals surface area contributed by atoms with Crippen molar-refractivity contribution in [2.45, 2.75) is 12.8 Å². The maximum atomic E-state index is 10.1. The maximum Gasteiger partial charge on any atom is 0.136 e. The first kappa shape index (κ1) is 3.85. The fraction of sp³-hybridized carbons (Fsp3) is 0.600. The van der Waals surface area contributed by atoms with Gasteiger partial charge >= 0.3 is 0 Å². The van der Waals surface area contributed by atoms with Crippen molar-refractivity contribution in [2.24, 2.45) is 5.92 Å². The molecule has 1 aliphatic carbocycles. The van der Waals surface area contributed by atoms with Gasteiger partial charge in [0.25, 0.3) is 0 Å². The van der Waals surface area contributed by atoms with Gasteiger partial charge in [0.2, 0.25) is 0 Å². The van der Waals surface area contributed by atoms with Crippen LogP contribution in [0.1, 0.15) is 12.8 Å². The van der Waals surface area contributed by atoms with Crippen LogP contribution in [0.3, 0.4) is 0 Å². The third-order valence-corrected chi connectivity index (χ3v) is 1.03. The van der Waals surface area contributed by atoms with Crippen molar-refractivity contribution in [3.63, 3.8) is 0 Å². The van der Waals surface area contributed by atoms with Crippen LogP contribution in [0.5, 0.6) is 0 Å². The standard InChI is InChI=1S/C5H7O/c1-4(6)5-2-3-5/h5H,1-3H2. The summed E-state index contributed by atoms with van der Waals surface area (Å²) in [6.07, 6.45) is 2.17. The molecule has 0 heterocycles. The van der Waals surface area contributed by atoms with Crippen molar-refractivity contribution in [3.8, 4) is 0 Å². The van der Waals surface area contributed by atoms with Gasteiger partial charge in [-0.05, 0) is 12.8 Å². The first-order chi connectivity index (χ1) is 2.80. The molecule has 0 atom stereocenters. The summed E-state index contributed by atoms with van der Waals surface area (Å²) in [5.74, 6) is 0.472. The van der Waals surface area contributed by atoms with Crippen LogP contribution in [0.2, 0.25) is 0 Å². The van der Waals surface area contributed by atoms with Crippen LogP contribution < -0.4 is 0 Å². The Morgan fingerprint density at radius 3 is 2.17 bits per heavy atom. The highest BCUT2D eigenvalue weighted by Gasteiger charge is 2.25. The molecule has 0 bridgehead atoms. The average molecular weight is 83.1 g/mol. The van der Waals surface area contributed by atoms with Gasteiger partial charge in [-0.2, -0.15) is 0 Å². The van der Waals surface area contributed by atoms with Crippen molar-refractivity contribution in [1.82, 2.24) is 0 Å². The number of rotatable bonds is 1. The summed E-state index contributed by atoms with van der Waals surface area (Å²) in [6.45, 7) is 3.26. The van der Waals surface area contributed by atoms with Gasteiger partial charge in [0.15, 0.2) is 0 Å². The van der Waals surface area contributed by atoms with Gasteiger partial charge in [0.05, 0.1) is 0 Å². The first-order valence-corrected chi connectivity index (χ1v) is 2.16. The number of Topliss-reactive ketones (excluding diaryl/α,β-unsaturated/α-hetero) is 1. The van der Waals surface area contributed by atoms with Gasteiger partial charge in [-0.25, -0.2) is 0 Å². The van der Waals surface area contributed by atoms with E-state index in [1.165, 1.54) is 0 Å². The fourth-order valence-electron chi connectivity index (χ4n) is 0.405. The van der Waals surface area contributed by atoms with Gasteiger partial charge in [0.1, 0.15) is 5.78 Å². The highest BCUT2D eigenvalue weighted by molar-refractivity contribution is 5.86. The summed E-state index contributed by atoms with van der Waals surface area (Å²) < 4.78 is 0. The highest BCUT2D eigenvalue weighted by atomic mass is 16.1. The Hall–Kier alpha value is -0.330. The molecule has 0 spiro atoms. The van der Waals surface area contributed by atoms with E-state index in [2.05, 4.69) is 6.92 Å². The highest BCUT2D eigenvalue weighted by Crippen LogP contribution is 2.28. The van der Waals surface area contributed by atoms with Crippen molar-refractivity contribution < 1.29 is 4.79 Å². The number of hydrogen-bond acceptors (Lipinski definition) is 1. The molecule has 0 N–H and O–H groups in total. The zero-order valence-corrected chi connectivity index (χ0v) is 3.61. The molecule has 1 saturated carbocycles. The van der Waals surface area contributed by atoms with Crippen LogP contribution in [0.25, 0.3) is 0 Å². The number of ketones is 1. The van der Waals surface area contributed by atoms with Crippen LogP contribution in [0, 0.1) is 12.8 Å². The Morgan fingerprint density at radius 1 is 1.67 bits per heavy atom. The van der Waals surface area contributed by atoms with Crippen LogP contribution in [0.4, 0.5) is 0 Å². The van der Waals surface area contributed by atoms with Gasteiger partial charge in [-0.3, -0.25) is 4.79 Å². The first-order valence-electron chi connectivity index (χ1n) is 2.16. The van der Waals surface area contributed by atoms with Crippen LogP contribution >= 0.6 is 0 Å². The molecule has 1 heteroatoms. The van der Waals surface area contributed by atoms with E-state index < -0.39 is 0 Å². The van der Waals surface area contributed by atoms with E-state index in [0.717, 1.165) is 12.8 Å². The summed E-state index contributed by atoms with van der Waals surface area (Å²) in [4.78, 5) is 10.1. The Bertz CT molecular complexity index is 72.0. The third kappa shape index (κ3) is 0.588. The van der Waals surface area contributed by atoms with E-state index in [4.69, 9.17) is 0 Å². The molecule has 1 nitrogen and oxygen atoms in total. The minimum Gasteiger partial charge on any atom is -0.299 e. The second-order valence-electron chi connectivity index (χ2n) is 1.74. The SMILES string of the molecule is [CH2]C(=O)C1CC1. The summed E-state index contributed by atoms with van der Waals surface area (Å²) in [6, 6.07) is 0. The zero-order chi connectivity index (χ0) is 4.57. The maximum absolute atomic E-state index is 10.1. The molecular weight excluding hydrogens is 76.1 g/mol. The van der Waals surface area contributed by atoms with Gasteiger partial charge in [-0.15, -0.1) is 0 Å². The van der Waals surface area contributed by atoms with E-state index in [-0.39, 0.29) is 5.78 Å². The van der Waals surface area contributed by atoms with E-state index in [1.807, 2.05) is 0 Å². The lowest BCUT2D eigenvalue weighted by atomic mass is 10.3. The quantitative estimate of drug-likeness (QED) is 0.458. The lowest BCUT2D eigenvalue weighted by molar-refractivity contribution is -0.115. The van der Waals surface area contributed by atoms with E-state index in [1.54, 1.807) is 0 Å². The van der Waals surface area contributed by atoms with E-state index in [9.17, 15) is 4.79 Å². The van der Waals surface area contributed by atoms with Crippen LogP contribution in [0.15, 0.2) is 0 Å². The summed E-state index contributed by atoms with van der Waals surface area (Å²) in [5.41, 5.74) is 0. The molecule has 0 aliphatic heterocycles. The number of hydrogen-bond donors (Lipinski definition) is 0. The van der Waals surface area contributed by atoms with E-state index >= 15 is 0 Å². The molecule has 1 radical (unpaired) electrons. The zero-order valence-electron chi connectivity index (χ0n) is 3.61. The van der Waals surface area contributed by atoms with Crippen molar-refractivity contribution >= 4 is 5.78 Å². The minimum atomic E-state index is 0.120. The largest absolute Gasteiger partial charge is 0.299 e. The normalized spacial score (nSPS) is 20.8. The lowest BCUT2D eigenvalue weighted by Crippen LogP contribution is -1.89. The molecule has 1 rings (SSSR count). The van der Waals surface area contributed by atoms with Crippen molar-refractivity contribution in [1.29, 1.82) is 0 Å². The van der Waals surface area contributed by atoms with Gasteiger partial charge in [0, 0.05) is 12.8 Å². The van der Waals surface area contributed by atoms with Crippen LogP contribution in [-0.4, -0.2) is 5.78 Å². The summed E-state index contributed by atoms with van der Waals surface area (Å²) in [7, 11) is 0. The van der Waals surface area contributed by atoms with Crippen molar-refractivity contribution in [2.75, 3.05) is 0 Å². The molecule has 1 fully saturated rings. The molecule has 0 aromatic heterocycles. The smallest absolute Gasteiger partial charge is 0.136 e. The molecule has 33 valence electrons. The lowest BCUT2D eigenvalue weighted by Gasteiger charge is -1.75. The average Bonchev–Trinajstić information content (AvgIpc) is 2.06. The molecule has 0 unspecified atom stereocenters. The predicted octanol–water partition coefficient (Wildman–Crippen LogP) is 0.800. The Balaban J connectivity index is 2.31. The second-order valence-corrected chi connectivity index (χ2v) is 1.74. The Labute approximate surface area is 37.4 Å². The van der Waals surface area contributed by atoms with Gasteiger partial charge < -0.3 is 0 Å². The van der Waals surface area contributed by atoms with Crippen LogP contribution in [-0.2, 0) is 4.79 Å². The molecule has 0 aromatic rings. The second kappa shape index (κ2) is 1.07. The minimum absolute atomic E-state index is 0.120. The Kier molecular flexibility index (Phi) is 0.685. The molecular formula is C5H7O. The Morgan fingerprint density at radius 2 is 2.17 bits per heavy atom. The third-order valence-electron chi connectivity index (χ3n) is 1.03. The monoisotopic (exact) mass is 83.0 g/mol. The summed E-state index contributed by atoms with van der Waals surface area (Å²) >= 11 is 0. The van der Waals surface area contributed by atoms with Gasteiger partial charge in [-0.1, -0.05) is 0 Å². The number of carbonyl (C=O) groups is 1. The topological polar surface area (TPSA) is 17.1 Å². The molecule has 1 aliphatic rings. The van der Waals surface area contributed by atoms with Crippen molar-refractivity contribution in [3.05, 3.63) is 6.92 Å². The summed E-state index contributed by atoms with van der Waals surface area (Å²) in [5, 5.41) is 0. The molecule has 0 amide bonds. The number of carbonyl (C=O) groups excluding carboxylic acids is 1. The fourth-order valence-corrected chi connectivity index (χ4v) is 0.405. The molecule has 0 saturated heterocycles. The molecule has 6 heavy (non-hydrogen) atoms. The van der Waals surface area contributed by atoms with E-state index in [0.29, 0.717) is 5.92 Å². The predicted molar refractivity (Wildman–Crippen MR) is 23.1 cm³/mol.